The zero-order valence-electron chi connectivity index (χ0n) is 8.55. The van der Waals surface area contributed by atoms with Gasteiger partial charge in [-0.2, -0.15) is 13.2 Å². The highest BCUT2D eigenvalue weighted by Crippen LogP contribution is 2.34. The predicted molar refractivity (Wildman–Crippen MR) is 62.8 cm³/mol. The van der Waals surface area contributed by atoms with Crippen molar-refractivity contribution in [3.05, 3.63) is 33.2 Å². The second-order valence-corrected chi connectivity index (χ2v) is 5.64. The molecule has 0 atom stereocenters. The summed E-state index contributed by atoms with van der Waals surface area (Å²) in [7, 11) is 0. The molecule has 0 aliphatic rings. The molecule has 90 valence electrons. The normalized spacial score (nSPS) is 11.8. The molecule has 7 heteroatoms. The van der Waals surface area contributed by atoms with Crippen molar-refractivity contribution in [2.75, 3.05) is 0 Å². The van der Waals surface area contributed by atoms with Crippen molar-refractivity contribution < 1.29 is 13.2 Å². The number of aromatic nitrogens is 2. The molecule has 0 amide bonds. The van der Waals surface area contributed by atoms with Gasteiger partial charge in [0, 0.05) is 5.56 Å². The van der Waals surface area contributed by atoms with E-state index >= 15 is 0 Å². The molecule has 0 aliphatic carbocycles. The zero-order chi connectivity index (χ0) is 12.6. The van der Waals surface area contributed by atoms with E-state index in [0.717, 1.165) is 12.1 Å². The smallest absolute Gasteiger partial charge is 0.166 e. The molecule has 2 aromatic rings. The van der Waals surface area contributed by atoms with Crippen molar-refractivity contribution in [3.63, 3.8) is 0 Å². The van der Waals surface area contributed by atoms with Gasteiger partial charge < -0.3 is 0 Å². The van der Waals surface area contributed by atoms with Crippen molar-refractivity contribution in [2.24, 2.45) is 0 Å². The van der Waals surface area contributed by atoms with Crippen LogP contribution in [0.15, 0.2) is 22.1 Å². The maximum atomic E-state index is 12.5. The molecule has 2 rings (SSSR count). The first-order valence-corrected chi connectivity index (χ1v) is 6.16. The number of hydrogen-bond acceptors (Lipinski definition) is 3. The molecule has 0 aliphatic heterocycles. The van der Waals surface area contributed by atoms with Gasteiger partial charge in [0.25, 0.3) is 0 Å². The number of halogens is 4. The topological polar surface area (TPSA) is 25.8 Å². The first-order chi connectivity index (χ1) is 7.88. The molecular formula is C10H6BrF3N2S. The highest BCUT2D eigenvalue weighted by atomic mass is 79.9. The highest BCUT2D eigenvalue weighted by molar-refractivity contribution is 9.11. The molecule has 0 saturated heterocycles. The first kappa shape index (κ1) is 12.5. The van der Waals surface area contributed by atoms with E-state index in [1.54, 1.807) is 6.92 Å². The molecule has 1 aromatic carbocycles. The van der Waals surface area contributed by atoms with Gasteiger partial charge >= 0.3 is 6.18 Å². The SMILES string of the molecule is Cc1cc(C(F)(F)F)ccc1-c1nnc(Br)s1. The third-order valence-corrected chi connectivity index (χ3v) is 3.57. The van der Waals surface area contributed by atoms with E-state index in [2.05, 4.69) is 26.1 Å². The van der Waals surface area contributed by atoms with Gasteiger partial charge in [0.05, 0.1) is 5.56 Å². The van der Waals surface area contributed by atoms with Gasteiger partial charge in [-0.1, -0.05) is 17.4 Å². The lowest BCUT2D eigenvalue weighted by atomic mass is 10.1. The minimum absolute atomic E-state index is 0.531. The van der Waals surface area contributed by atoms with Crippen LogP contribution in [0.3, 0.4) is 0 Å². The summed E-state index contributed by atoms with van der Waals surface area (Å²) in [4.78, 5) is 0. The van der Waals surface area contributed by atoms with Gasteiger partial charge in [0.2, 0.25) is 0 Å². The van der Waals surface area contributed by atoms with Crippen LogP contribution in [0.1, 0.15) is 11.1 Å². The third-order valence-electron chi connectivity index (χ3n) is 2.18. The average Bonchev–Trinajstić information content (AvgIpc) is 2.63. The summed E-state index contributed by atoms with van der Waals surface area (Å²) in [6.07, 6.45) is -4.31. The zero-order valence-corrected chi connectivity index (χ0v) is 10.9. The molecule has 0 spiro atoms. The number of benzene rings is 1. The molecule has 2 nitrogen and oxygen atoms in total. The Morgan fingerprint density at radius 3 is 2.41 bits per heavy atom. The summed E-state index contributed by atoms with van der Waals surface area (Å²) < 4.78 is 38.0. The first-order valence-electron chi connectivity index (χ1n) is 4.55. The van der Waals surface area contributed by atoms with Crippen molar-refractivity contribution in [3.8, 4) is 10.6 Å². The molecule has 0 fully saturated rings. The molecule has 0 radical (unpaired) electrons. The monoisotopic (exact) mass is 322 g/mol. The van der Waals surface area contributed by atoms with E-state index in [0.29, 0.717) is 20.1 Å². The Morgan fingerprint density at radius 2 is 1.94 bits per heavy atom. The van der Waals surface area contributed by atoms with Crippen LogP contribution >= 0.6 is 27.3 Å². The van der Waals surface area contributed by atoms with Crippen molar-refractivity contribution in [1.82, 2.24) is 10.2 Å². The minimum atomic E-state index is -4.31. The van der Waals surface area contributed by atoms with Crippen LogP contribution in [0.2, 0.25) is 0 Å². The lowest BCUT2D eigenvalue weighted by Crippen LogP contribution is -2.05. The summed E-state index contributed by atoms with van der Waals surface area (Å²) >= 11 is 4.45. The van der Waals surface area contributed by atoms with Gasteiger partial charge in [0.1, 0.15) is 5.01 Å². The van der Waals surface area contributed by atoms with Gasteiger partial charge in [-0.3, -0.25) is 0 Å². The van der Waals surface area contributed by atoms with Crippen LogP contribution in [0.4, 0.5) is 13.2 Å². The summed E-state index contributed by atoms with van der Waals surface area (Å²) in [6.45, 7) is 1.62. The summed E-state index contributed by atoms with van der Waals surface area (Å²) in [5.74, 6) is 0. The molecule has 0 N–H and O–H groups in total. The molecular weight excluding hydrogens is 317 g/mol. The number of hydrogen-bond donors (Lipinski definition) is 0. The summed E-state index contributed by atoms with van der Waals surface area (Å²) in [5, 5.41) is 8.25. The van der Waals surface area contributed by atoms with E-state index < -0.39 is 11.7 Å². The third kappa shape index (κ3) is 2.66. The van der Waals surface area contributed by atoms with Crippen LogP contribution in [0.25, 0.3) is 10.6 Å². The van der Waals surface area contributed by atoms with Crippen LogP contribution in [-0.2, 0) is 6.18 Å². The highest BCUT2D eigenvalue weighted by Gasteiger charge is 2.30. The number of nitrogens with zero attached hydrogens (tertiary/aromatic N) is 2. The van der Waals surface area contributed by atoms with Crippen molar-refractivity contribution in [1.29, 1.82) is 0 Å². The van der Waals surface area contributed by atoms with Crippen LogP contribution < -0.4 is 0 Å². The van der Waals surface area contributed by atoms with E-state index in [-0.39, 0.29) is 0 Å². The Kier molecular flexibility index (Phi) is 3.22. The van der Waals surface area contributed by atoms with E-state index in [1.165, 1.54) is 17.4 Å². The Bertz CT molecular complexity index is 551. The Labute approximate surface area is 108 Å². The quantitative estimate of drug-likeness (QED) is 0.782. The lowest BCUT2D eigenvalue weighted by molar-refractivity contribution is -0.137. The molecule has 0 saturated carbocycles. The maximum Gasteiger partial charge on any atom is 0.416 e. The second kappa shape index (κ2) is 4.38. The van der Waals surface area contributed by atoms with Crippen molar-refractivity contribution in [2.45, 2.75) is 13.1 Å². The number of aryl methyl sites for hydroxylation is 1. The maximum absolute atomic E-state index is 12.5. The Morgan fingerprint density at radius 1 is 1.24 bits per heavy atom. The predicted octanol–water partition coefficient (Wildman–Crippen LogP) is 4.29. The fourth-order valence-electron chi connectivity index (χ4n) is 1.39. The molecule has 1 aromatic heterocycles. The number of rotatable bonds is 1. The Hall–Kier alpha value is -0.950. The average molecular weight is 323 g/mol. The van der Waals surface area contributed by atoms with Crippen molar-refractivity contribution >= 4 is 27.3 Å². The summed E-state index contributed by atoms with van der Waals surface area (Å²) in [5.41, 5.74) is 0.548. The van der Waals surface area contributed by atoms with Gasteiger partial charge in [0.15, 0.2) is 3.92 Å². The lowest BCUT2D eigenvalue weighted by Gasteiger charge is -2.09. The second-order valence-electron chi connectivity index (χ2n) is 3.39. The fourth-order valence-corrected chi connectivity index (χ4v) is 2.60. The van der Waals surface area contributed by atoms with Crippen LogP contribution in [0, 0.1) is 6.92 Å². The molecule has 0 bridgehead atoms. The van der Waals surface area contributed by atoms with E-state index in [1.807, 2.05) is 0 Å². The molecule has 0 unspecified atom stereocenters. The Balaban J connectivity index is 2.45. The van der Waals surface area contributed by atoms with E-state index in [4.69, 9.17) is 0 Å². The molecule has 17 heavy (non-hydrogen) atoms. The van der Waals surface area contributed by atoms with Gasteiger partial charge in [-0.25, -0.2) is 0 Å². The minimum Gasteiger partial charge on any atom is -0.166 e. The van der Waals surface area contributed by atoms with Crippen LogP contribution in [-0.4, -0.2) is 10.2 Å². The summed E-state index contributed by atoms with van der Waals surface area (Å²) in [6, 6.07) is 3.59. The van der Waals surface area contributed by atoms with E-state index in [9.17, 15) is 13.2 Å². The van der Waals surface area contributed by atoms with Gasteiger partial charge in [-0.15, -0.1) is 10.2 Å². The van der Waals surface area contributed by atoms with Gasteiger partial charge in [-0.05, 0) is 40.5 Å². The number of alkyl halides is 3. The fraction of sp³-hybridized carbons (Fsp3) is 0.200. The largest absolute Gasteiger partial charge is 0.416 e. The molecule has 1 heterocycles. The standard InChI is InChI=1S/C10H6BrF3N2S/c1-5-4-6(10(12,13)14)2-3-7(5)8-15-16-9(11)17-8/h2-4H,1H3. The van der Waals surface area contributed by atoms with Crippen LogP contribution in [0.5, 0.6) is 0 Å².